The molecular formula is C16H28N2. The summed E-state index contributed by atoms with van der Waals surface area (Å²) < 4.78 is 0. The van der Waals surface area contributed by atoms with Gasteiger partial charge in [0, 0.05) is 24.8 Å². The van der Waals surface area contributed by atoms with Gasteiger partial charge in [0.05, 0.1) is 0 Å². The lowest BCUT2D eigenvalue weighted by Crippen LogP contribution is -2.33. The maximum absolute atomic E-state index is 3.44. The molecule has 0 saturated heterocycles. The molecule has 102 valence electrons. The van der Waals surface area contributed by atoms with Crippen LogP contribution in [0.1, 0.15) is 46.2 Å². The third kappa shape index (κ3) is 3.74. The fourth-order valence-electron chi connectivity index (χ4n) is 2.10. The maximum Gasteiger partial charge on any atom is 0.0366 e. The van der Waals surface area contributed by atoms with Gasteiger partial charge in [0.15, 0.2) is 0 Å². The highest BCUT2D eigenvalue weighted by atomic mass is 15.1. The van der Waals surface area contributed by atoms with E-state index in [1.807, 2.05) is 0 Å². The Hall–Kier alpha value is -1.02. The van der Waals surface area contributed by atoms with Crippen molar-refractivity contribution < 1.29 is 0 Å². The van der Waals surface area contributed by atoms with E-state index in [0.29, 0.717) is 18.0 Å². The summed E-state index contributed by atoms with van der Waals surface area (Å²) in [6.45, 7) is 12.2. The Morgan fingerprint density at radius 3 is 2.06 bits per heavy atom. The molecule has 2 atom stereocenters. The highest BCUT2D eigenvalue weighted by molar-refractivity contribution is 5.48. The van der Waals surface area contributed by atoms with Crippen LogP contribution in [0.5, 0.6) is 0 Å². The summed E-state index contributed by atoms with van der Waals surface area (Å²) in [5.74, 6) is 0.662. The summed E-state index contributed by atoms with van der Waals surface area (Å²) in [6.07, 6.45) is 0. The summed E-state index contributed by atoms with van der Waals surface area (Å²) in [6, 6.07) is 9.89. The van der Waals surface area contributed by atoms with Gasteiger partial charge < -0.3 is 10.2 Å². The van der Waals surface area contributed by atoms with Crippen LogP contribution in [0.2, 0.25) is 0 Å². The Morgan fingerprint density at radius 2 is 1.61 bits per heavy atom. The van der Waals surface area contributed by atoms with Crippen LogP contribution >= 0.6 is 0 Å². The molecule has 1 aromatic carbocycles. The Kier molecular flexibility index (Phi) is 5.67. The van der Waals surface area contributed by atoms with Crippen molar-refractivity contribution in [2.24, 2.45) is 5.92 Å². The number of nitrogens with one attached hydrogen (secondary N) is 1. The lowest BCUT2D eigenvalue weighted by Gasteiger charge is -2.30. The molecule has 0 aliphatic heterocycles. The zero-order chi connectivity index (χ0) is 13.7. The van der Waals surface area contributed by atoms with Gasteiger partial charge in [-0.15, -0.1) is 0 Å². The van der Waals surface area contributed by atoms with Crippen molar-refractivity contribution >= 4 is 5.69 Å². The Labute approximate surface area is 112 Å². The van der Waals surface area contributed by atoms with Gasteiger partial charge in [-0.1, -0.05) is 32.9 Å². The molecule has 0 radical (unpaired) electrons. The first-order valence-electron chi connectivity index (χ1n) is 7.03. The van der Waals surface area contributed by atoms with Crippen LogP contribution in [-0.2, 0) is 0 Å². The molecular weight excluding hydrogens is 220 g/mol. The van der Waals surface area contributed by atoms with Crippen molar-refractivity contribution in [3.05, 3.63) is 29.8 Å². The number of hydrogen-bond donors (Lipinski definition) is 1. The molecule has 0 aromatic heterocycles. The molecule has 0 spiro atoms. The van der Waals surface area contributed by atoms with Crippen LogP contribution in [-0.4, -0.2) is 19.6 Å². The smallest absolute Gasteiger partial charge is 0.0366 e. The molecule has 18 heavy (non-hydrogen) atoms. The quantitative estimate of drug-likeness (QED) is 0.823. The largest absolute Gasteiger partial charge is 0.372 e. The van der Waals surface area contributed by atoms with E-state index in [9.17, 15) is 0 Å². The molecule has 1 rings (SSSR count). The van der Waals surface area contributed by atoms with Gasteiger partial charge >= 0.3 is 0 Å². The fraction of sp³-hybridized carbons (Fsp3) is 0.625. The number of hydrogen-bond acceptors (Lipinski definition) is 2. The van der Waals surface area contributed by atoms with Crippen LogP contribution in [0.15, 0.2) is 24.3 Å². The minimum atomic E-state index is 0.428. The van der Waals surface area contributed by atoms with Crippen LogP contribution in [0.25, 0.3) is 0 Å². The van der Waals surface area contributed by atoms with Gasteiger partial charge in [0.1, 0.15) is 0 Å². The van der Waals surface area contributed by atoms with Gasteiger partial charge in [0.25, 0.3) is 0 Å². The predicted octanol–water partition coefficient (Wildman–Crippen LogP) is 3.84. The molecule has 1 aromatic rings. The van der Waals surface area contributed by atoms with E-state index in [4.69, 9.17) is 0 Å². The summed E-state index contributed by atoms with van der Waals surface area (Å²) in [7, 11) is 2.17. The summed E-state index contributed by atoms with van der Waals surface area (Å²) in [5, 5.41) is 3.44. The van der Waals surface area contributed by atoms with Gasteiger partial charge in [-0.05, 0) is 44.0 Å². The normalized spacial score (nSPS) is 14.6. The highest BCUT2D eigenvalue weighted by Crippen LogP contribution is 2.21. The molecule has 2 heteroatoms. The Morgan fingerprint density at radius 1 is 1.06 bits per heavy atom. The fourth-order valence-corrected chi connectivity index (χ4v) is 2.10. The van der Waals surface area contributed by atoms with Gasteiger partial charge in [-0.2, -0.15) is 0 Å². The van der Waals surface area contributed by atoms with Crippen molar-refractivity contribution in [3.8, 4) is 0 Å². The van der Waals surface area contributed by atoms with Gasteiger partial charge in [0.2, 0.25) is 0 Å². The van der Waals surface area contributed by atoms with Crippen molar-refractivity contribution in [3.63, 3.8) is 0 Å². The zero-order valence-corrected chi connectivity index (χ0v) is 12.7. The standard InChI is InChI=1S/C16H28N2/c1-7-17-13(4)15-8-10-16(11-9-15)18(6)14(5)12(2)3/h8-14,17H,7H2,1-6H3. The van der Waals surface area contributed by atoms with Gasteiger partial charge in [-0.3, -0.25) is 0 Å². The van der Waals surface area contributed by atoms with Crippen LogP contribution in [0.4, 0.5) is 5.69 Å². The summed E-state index contributed by atoms with van der Waals surface area (Å²) in [4.78, 5) is 2.35. The molecule has 0 amide bonds. The van der Waals surface area contributed by atoms with E-state index in [2.05, 4.69) is 76.1 Å². The molecule has 0 heterocycles. The maximum atomic E-state index is 3.44. The second kappa shape index (κ2) is 6.79. The van der Waals surface area contributed by atoms with E-state index in [1.54, 1.807) is 0 Å². The van der Waals surface area contributed by atoms with E-state index < -0.39 is 0 Å². The van der Waals surface area contributed by atoms with E-state index in [1.165, 1.54) is 11.3 Å². The molecule has 2 unspecified atom stereocenters. The van der Waals surface area contributed by atoms with Crippen LogP contribution in [0.3, 0.4) is 0 Å². The third-order valence-corrected chi connectivity index (χ3v) is 3.89. The first kappa shape index (κ1) is 15.0. The lowest BCUT2D eigenvalue weighted by molar-refractivity contribution is 0.505. The van der Waals surface area contributed by atoms with Crippen molar-refractivity contribution in [1.82, 2.24) is 5.32 Å². The molecule has 2 nitrogen and oxygen atoms in total. The lowest BCUT2D eigenvalue weighted by atomic mass is 10.0. The Balaban J connectivity index is 2.76. The number of nitrogens with zero attached hydrogens (tertiary/aromatic N) is 1. The SMILES string of the molecule is CCNC(C)c1ccc(N(C)C(C)C(C)C)cc1. The third-order valence-electron chi connectivity index (χ3n) is 3.89. The van der Waals surface area contributed by atoms with E-state index >= 15 is 0 Å². The number of anilines is 1. The summed E-state index contributed by atoms with van der Waals surface area (Å²) in [5.41, 5.74) is 2.65. The second-order valence-electron chi connectivity index (χ2n) is 5.47. The van der Waals surface area contributed by atoms with Crippen molar-refractivity contribution in [2.75, 3.05) is 18.5 Å². The van der Waals surface area contributed by atoms with Crippen molar-refractivity contribution in [2.45, 2.75) is 46.7 Å². The minimum Gasteiger partial charge on any atom is -0.372 e. The van der Waals surface area contributed by atoms with E-state index in [0.717, 1.165) is 6.54 Å². The summed E-state index contributed by atoms with van der Waals surface area (Å²) >= 11 is 0. The molecule has 0 aliphatic carbocycles. The molecule has 0 bridgehead atoms. The zero-order valence-electron chi connectivity index (χ0n) is 12.7. The average Bonchev–Trinajstić information content (AvgIpc) is 2.37. The van der Waals surface area contributed by atoms with E-state index in [-0.39, 0.29) is 0 Å². The first-order valence-corrected chi connectivity index (χ1v) is 7.03. The number of rotatable bonds is 6. The van der Waals surface area contributed by atoms with Crippen molar-refractivity contribution in [1.29, 1.82) is 0 Å². The second-order valence-corrected chi connectivity index (χ2v) is 5.47. The molecule has 1 N–H and O–H groups in total. The Bertz CT molecular complexity index is 343. The van der Waals surface area contributed by atoms with Gasteiger partial charge in [-0.25, -0.2) is 0 Å². The first-order chi connectivity index (χ1) is 8.47. The number of benzene rings is 1. The average molecular weight is 248 g/mol. The highest BCUT2D eigenvalue weighted by Gasteiger charge is 2.13. The minimum absolute atomic E-state index is 0.428. The molecule has 0 saturated carbocycles. The predicted molar refractivity (Wildman–Crippen MR) is 81.2 cm³/mol. The van der Waals surface area contributed by atoms with Crippen LogP contribution < -0.4 is 10.2 Å². The molecule has 0 aliphatic rings. The van der Waals surface area contributed by atoms with Crippen LogP contribution in [0, 0.1) is 5.92 Å². The molecule has 0 fully saturated rings. The topological polar surface area (TPSA) is 15.3 Å². The monoisotopic (exact) mass is 248 g/mol.